The Balaban J connectivity index is 1.74. The number of amides is 1. The maximum atomic E-state index is 12.2. The van der Waals surface area contributed by atoms with Gasteiger partial charge < -0.3 is 5.32 Å². The van der Waals surface area contributed by atoms with Crippen LogP contribution in [-0.2, 0) is 6.54 Å². The minimum atomic E-state index is -0.104. The van der Waals surface area contributed by atoms with Gasteiger partial charge in [-0.15, -0.1) is 11.3 Å². The molecule has 3 rings (SSSR count). The largest absolute Gasteiger partial charge is 0.321 e. The highest BCUT2D eigenvalue weighted by Crippen LogP contribution is 2.24. The molecule has 106 valence electrons. The van der Waals surface area contributed by atoms with Crippen LogP contribution in [0.15, 0.2) is 58.6 Å². The van der Waals surface area contributed by atoms with E-state index < -0.39 is 0 Å². The van der Waals surface area contributed by atoms with E-state index in [0.717, 1.165) is 15.7 Å². The van der Waals surface area contributed by atoms with Crippen LogP contribution in [0.1, 0.15) is 15.2 Å². The number of halogens is 1. The van der Waals surface area contributed by atoms with Crippen molar-refractivity contribution >= 4 is 38.9 Å². The molecule has 2 aromatic heterocycles. The molecule has 1 amide bonds. The average Bonchev–Trinajstić information content (AvgIpc) is 3.10. The van der Waals surface area contributed by atoms with E-state index in [1.807, 2.05) is 52.7 Å². The van der Waals surface area contributed by atoms with Crippen molar-refractivity contribution in [1.29, 1.82) is 0 Å². The number of hydrogen-bond donors (Lipinski definition) is 1. The van der Waals surface area contributed by atoms with Crippen LogP contribution in [0.4, 0.5) is 5.69 Å². The van der Waals surface area contributed by atoms with Crippen molar-refractivity contribution in [1.82, 2.24) is 9.78 Å². The summed E-state index contributed by atoms with van der Waals surface area (Å²) >= 11 is 4.78. The van der Waals surface area contributed by atoms with Gasteiger partial charge in [0, 0.05) is 22.6 Å². The average molecular weight is 362 g/mol. The van der Waals surface area contributed by atoms with Gasteiger partial charge in [-0.25, -0.2) is 0 Å². The lowest BCUT2D eigenvalue weighted by atomic mass is 10.2. The van der Waals surface area contributed by atoms with Crippen LogP contribution in [0.25, 0.3) is 0 Å². The lowest BCUT2D eigenvalue weighted by Crippen LogP contribution is -2.11. The van der Waals surface area contributed by atoms with E-state index >= 15 is 0 Å². The second-order valence-electron chi connectivity index (χ2n) is 4.46. The topological polar surface area (TPSA) is 46.9 Å². The quantitative estimate of drug-likeness (QED) is 0.762. The predicted molar refractivity (Wildman–Crippen MR) is 87.7 cm³/mol. The minimum Gasteiger partial charge on any atom is -0.321 e. The normalized spacial score (nSPS) is 10.5. The molecule has 0 bridgehead atoms. The fourth-order valence-electron chi connectivity index (χ4n) is 1.97. The fourth-order valence-corrected chi connectivity index (χ4v) is 3.42. The molecule has 3 aromatic rings. The molecule has 21 heavy (non-hydrogen) atoms. The molecule has 0 aliphatic rings. The molecule has 0 saturated heterocycles. The molecule has 0 saturated carbocycles. The van der Waals surface area contributed by atoms with Gasteiger partial charge in [-0.1, -0.05) is 12.1 Å². The van der Waals surface area contributed by atoms with E-state index in [-0.39, 0.29) is 5.91 Å². The molecular formula is C15H12BrN3OS. The highest BCUT2D eigenvalue weighted by atomic mass is 79.9. The van der Waals surface area contributed by atoms with Crippen molar-refractivity contribution in [2.24, 2.45) is 0 Å². The van der Waals surface area contributed by atoms with Gasteiger partial charge in [-0.05, 0) is 51.1 Å². The summed E-state index contributed by atoms with van der Waals surface area (Å²) in [4.78, 5) is 12.8. The molecule has 1 N–H and O–H groups in total. The Hall–Kier alpha value is -1.92. The van der Waals surface area contributed by atoms with E-state index in [9.17, 15) is 4.79 Å². The van der Waals surface area contributed by atoms with Gasteiger partial charge in [0.2, 0.25) is 0 Å². The molecule has 4 nitrogen and oxygen atoms in total. The summed E-state index contributed by atoms with van der Waals surface area (Å²) in [5.74, 6) is -0.104. The molecule has 0 atom stereocenters. The number of hydrogen-bond acceptors (Lipinski definition) is 3. The number of nitrogens with zero attached hydrogens (tertiary/aromatic N) is 2. The summed E-state index contributed by atoms with van der Waals surface area (Å²) in [6.45, 7) is 0.680. The number of aromatic nitrogens is 2. The lowest BCUT2D eigenvalue weighted by molar-refractivity contribution is 0.103. The molecule has 0 unspecified atom stereocenters. The van der Waals surface area contributed by atoms with Crippen molar-refractivity contribution in [3.63, 3.8) is 0 Å². The Bertz CT molecular complexity index is 752. The zero-order chi connectivity index (χ0) is 14.7. The van der Waals surface area contributed by atoms with E-state index in [1.165, 1.54) is 11.3 Å². The Morgan fingerprint density at radius 1 is 1.33 bits per heavy atom. The summed E-state index contributed by atoms with van der Waals surface area (Å²) in [5, 5.41) is 8.98. The molecule has 0 fully saturated rings. The number of nitrogens with one attached hydrogen (secondary N) is 1. The smallest absolute Gasteiger partial charge is 0.266 e. The highest BCUT2D eigenvalue weighted by Gasteiger charge is 2.11. The number of thiophene rings is 1. The summed E-state index contributed by atoms with van der Waals surface area (Å²) in [7, 11) is 0. The Labute approximate surface area is 134 Å². The predicted octanol–water partition coefficient (Wildman–Crippen LogP) is 4.01. The van der Waals surface area contributed by atoms with Crippen molar-refractivity contribution in [3.8, 4) is 0 Å². The summed E-state index contributed by atoms with van der Waals surface area (Å²) in [5.41, 5.74) is 1.87. The van der Waals surface area contributed by atoms with E-state index in [4.69, 9.17) is 0 Å². The molecular weight excluding hydrogens is 350 g/mol. The first-order valence-corrected chi connectivity index (χ1v) is 8.00. The van der Waals surface area contributed by atoms with Gasteiger partial charge in [0.05, 0.1) is 6.54 Å². The first kappa shape index (κ1) is 14.0. The molecule has 2 heterocycles. The Morgan fingerprint density at radius 2 is 2.24 bits per heavy atom. The van der Waals surface area contributed by atoms with Gasteiger partial charge in [-0.2, -0.15) is 5.10 Å². The third-order valence-electron chi connectivity index (χ3n) is 2.91. The zero-order valence-corrected chi connectivity index (χ0v) is 13.4. The maximum absolute atomic E-state index is 12.2. The van der Waals surface area contributed by atoms with Crippen molar-refractivity contribution in [3.05, 3.63) is 69.1 Å². The van der Waals surface area contributed by atoms with Crippen LogP contribution < -0.4 is 5.32 Å². The minimum absolute atomic E-state index is 0.104. The van der Waals surface area contributed by atoms with Crippen LogP contribution in [0.5, 0.6) is 0 Å². The molecule has 1 aromatic carbocycles. The number of rotatable bonds is 4. The Morgan fingerprint density at radius 3 is 2.95 bits per heavy atom. The van der Waals surface area contributed by atoms with Crippen LogP contribution in [0.2, 0.25) is 0 Å². The van der Waals surface area contributed by atoms with Gasteiger partial charge in [0.25, 0.3) is 5.91 Å². The fraction of sp³-hybridized carbons (Fsp3) is 0.0667. The lowest BCUT2D eigenvalue weighted by Gasteiger charge is -2.07. The van der Waals surface area contributed by atoms with Crippen molar-refractivity contribution in [2.75, 3.05) is 5.32 Å². The second-order valence-corrected chi connectivity index (χ2v) is 6.23. The summed E-state index contributed by atoms with van der Waals surface area (Å²) < 4.78 is 2.66. The zero-order valence-electron chi connectivity index (χ0n) is 11.0. The molecule has 0 aliphatic carbocycles. The number of carbonyl (C=O) groups is 1. The van der Waals surface area contributed by atoms with Gasteiger partial charge in [-0.3, -0.25) is 9.48 Å². The molecule has 6 heteroatoms. The SMILES string of the molecule is O=C(Nc1cccc(Cn2cccn2)c1)c1sccc1Br. The Kier molecular flexibility index (Phi) is 4.17. The van der Waals surface area contributed by atoms with Crippen LogP contribution in [-0.4, -0.2) is 15.7 Å². The number of anilines is 1. The van der Waals surface area contributed by atoms with Gasteiger partial charge >= 0.3 is 0 Å². The van der Waals surface area contributed by atoms with Crippen molar-refractivity contribution in [2.45, 2.75) is 6.54 Å². The second kappa shape index (κ2) is 6.24. The summed E-state index contributed by atoms with van der Waals surface area (Å²) in [6, 6.07) is 11.5. The summed E-state index contributed by atoms with van der Waals surface area (Å²) in [6.07, 6.45) is 3.66. The van der Waals surface area contributed by atoms with Gasteiger partial charge in [0.15, 0.2) is 0 Å². The van der Waals surface area contributed by atoms with Crippen LogP contribution >= 0.6 is 27.3 Å². The van der Waals surface area contributed by atoms with Gasteiger partial charge in [0.1, 0.15) is 4.88 Å². The molecule has 0 radical (unpaired) electrons. The third-order valence-corrected chi connectivity index (χ3v) is 4.75. The maximum Gasteiger partial charge on any atom is 0.266 e. The highest BCUT2D eigenvalue weighted by molar-refractivity contribution is 9.10. The van der Waals surface area contributed by atoms with E-state index in [2.05, 4.69) is 26.3 Å². The molecule has 0 aliphatic heterocycles. The first-order valence-electron chi connectivity index (χ1n) is 6.33. The van der Waals surface area contributed by atoms with E-state index in [0.29, 0.717) is 11.4 Å². The first-order chi connectivity index (χ1) is 10.2. The number of carbonyl (C=O) groups excluding carboxylic acids is 1. The standard InChI is InChI=1S/C15H12BrN3OS/c16-13-5-8-21-14(13)15(20)18-12-4-1-3-11(9-12)10-19-7-2-6-17-19/h1-9H,10H2,(H,18,20). The third kappa shape index (κ3) is 3.40. The van der Waals surface area contributed by atoms with E-state index in [1.54, 1.807) is 6.20 Å². The number of benzene rings is 1. The monoisotopic (exact) mass is 361 g/mol. The van der Waals surface area contributed by atoms with Crippen molar-refractivity contribution < 1.29 is 4.79 Å². The molecule has 0 spiro atoms. The van der Waals surface area contributed by atoms with Crippen LogP contribution in [0.3, 0.4) is 0 Å². The van der Waals surface area contributed by atoms with Crippen LogP contribution in [0, 0.1) is 0 Å².